The second kappa shape index (κ2) is 6.33. The molecule has 0 aliphatic carbocycles. The van der Waals surface area contributed by atoms with Gasteiger partial charge in [0.25, 0.3) is 11.6 Å². The van der Waals surface area contributed by atoms with E-state index in [0.717, 1.165) is 4.90 Å². The Balaban J connectivity index is 1.68. The van der Waals surface area contributed by atoms with Gasteiger partial charge in [-0.15, -0.1) is 0 Å². The number of fused-ring (bicyclic) bond motifs is 1. The summed E-state index contributed by atoms with van der Waals surface area (Å²) < 4.78 is 0. The molecule has 0 saturated carbocycles. The van der Waals surface area contributed by atoms with Crippen molar-refractivity contribution in [3.63, 3.8) is 0 Å². The Morgan fingerprint density at radius 2 is 1.67 bits per heavy atom. The number of amides is 2. The van der Waals surface area contributed by atoms with Crippen LogP contribution in [0, 0.1) is 16.0 Å². The van der Waals surface area contributed by atoms with Crippen LogP contribution in [0.2, 0.25) is 10.0 Å². The monoisotopic (exact) mass is 405 g/mol. The van der Waals surface area contributed by atoms with E-state index < -0.39 is 28.8 Å². The summed E-state index contributed by atoms with van der Waals surface area (Å²) in [5.74, 6) is -2.06. The molecule has 2 atom stereocenters. The summed E-state index contributed by atoms with van der Waals surface area (Å²) in [6.45, 7) is 0. The number of oxime groups is 1. The number of non-ortho nitro benzene ring substituents is 1. The summed E-state index contributed by atoms with van der Waals surface area (Å²) in [7, 11) is 0. The van der Waals surface area contributed by atoms with Gasteiger partial charge in [-0.25, -0.2) is 4.90 Å². The summed E-state index contributed by atoms with van der Waals surface area (Å²) in [5, 5.41) is 15.2. The van der Waals surface area contributed by atoms with Crippen molar-refractivity contribution in [1.29, 1.82) is 0 Å². The van der Waals surface area contributed by atoms with Gasteiger partial charge in [0.2, 0.25) is 12.0 Å². The smallest absolute Gasteiger partial charge is 0.278 e. The number of anilines is 1. The molecule has 4 rings (SSSR count). The summed E-state index contributed by atoms with van der Waals surface area (Å²) in [5.41, 5.74) is 0.839. The lowest BCUT2D eigenvalue weighted by Gasteiger charge is -2.16. The number of nitrogens with zero attached hydrogens (tertiary/aromatic N) is 3. The second-order valence-electron chi connectivity index (χ2n) is 5.92. The molecular formula is C17H9Cl2N3O5. The highest BCUT2D eigenvalue weighted by Crippen LogP contribution is 2.37. The van der Waals surface area contributed by atoms with Gasteiger partial charge in [0, 0.05) is 27.7 Å². The van der Waals surface area contributed by atoms with E-state index in [4.69, 9.17) is 28.0 Å². The molecule has 0 spiro atoms. The fourth-order valence-corrected chi connectivity index (χ4v) is 3.61. The molecular weight excluding hydrogens is 397 g/mol. The summed E-state index contributed by atoms with van der Waals surface area (Å²) >= 11 is 11.9. The van der Waals surface area contributed by atoms with Gasteiger partial charge < -0.3 is 4.84 Å². The normalized spacial score (nSPS) is 21.1. The molecule has 0 N–H and O–H groups in total. The van der Waals surface area contributed by atoms with Gasteiger partial charge in [-0.05, 0) is 30.3 Å². The van der Waals surface area contributed by atoms with E-state index >= 15 is 0 Å². The van der Waals surface area contributed by atoms with Crippen LogP contribution in [-0.2, 0) is 14.4 Å². The minimum Gasteiger partial charge on any atom is -0.381 e. The molecule has 10 heteroatoms. The first-order valence-electron chi connectivity index (χ1n) is 7.69. The van der Waals surface area contributed by atoms with Crippen LogP contribution in [-0.4, -0.2) is 28.6 Å². The van der Waals surface area contributed by atoms with Crippen LogP contribution in [0.1, 0.15) is 5.56 Å². The largest absolute Gasteiger partial charge is 0.381 e. The van der Waals surface area contributed by atoms with E-state index in [9.17, 15) is 19.7 Å². The van der Waals surface area contributed by atoms with Gasteiger partial charge in [0.15, 0.2) is 0 Å². The van der Waals surface area contributed by atoms with Crippen molar-refractivity contribution in [2.45, 2.75) is 6.10 Å². The van der Waals surface area contributed by atoms with Crippen molar-refractivity contribution >= 4 is 52.1 Å². The Bertz CT molecular complexity index is 1000. The fraction of sp³-hybridized carbons (Fsp3) is 0.118. The Kier molecular flexibility index (Phi) is 4.09. The average Bonchev–Trinajstić information content (AvgIpc) is 3.15. The molecule has 2 aromatic carbocycles. The van der Waals surface area contributed by atoms with Gasteiger partial charge in [0.1, 0.15) is 11.6 Å². The van der Waals surface area contributed by atoms with Crippen molar-refractivity contribution in [2.24, 2.45) is 11.1 Å². The first-order valence-corrected chi connectivity index (χ1v) is 8.45. The molecule has 2 aliphatic heterocycles. The predicted molar refractivity (Wildman–Crippen MR) is 97.0 cm³/mol. The van der Waals surface area contributed by atoms with Crippen molar-refractivity contribution in [1.82, 2.24) is 0 Å². The number of carbonyl (C=O) groups excluding carboxylic acids is 2. The van der Waals surface area contributed by atoms with E-state index in [1.165, 1.54) is 42.5 Å². The first kappa shape index (κ1) is 17.4. The zero-order chi connectivity index (χ0) is 19.3. The maximum Gasteiger partial charge on any atom is 0.278 e. The number of hydrogen-bond donors (Lipinski definition) is 0. The Hall–Kier alpha value is -2.97. The summed E-state index contributed by atoms with van der Waals surface area (Å²) in [4.78, 5) is 42.0. The average molecular weight is 406 g/mol. The summed E-state index contributed by atoms with van der Waals surface area (Å²) in [6.07, 6.45) is -1.10. The van der Waals surface area contributed by atoms with Crippen molar-refractivity contribution in [2.75, 3.05) is 4.90 Å². The molecule has 2 aromatic rings. The Morgan fingerprint density at radius 1 is 1.04 bits per heavy atom. The van der Waals surface area contributed by atoms with Crippen molar-refractivity contribution in [3.05, 3.63) is 68.2 Å². The zero-order valence-corrected chi connectivity index (χ0v) is 14.8. The molecule has 2 amide bonds. The highest BCUT2D eigenvalue weighted by molar-refractivity contribution is 6.37. The lowest BCUT2D eigenvalue weighted by Crippen LogP contribution is -2.33. The highest BCUT2D eigenvalue weighted by atomic mass is 35.5. The van der Waals surface area contributed by atoms with Crippen LogP contribution >= 0.6 is 23.2 Å². The van der Waals surface area contributed by atoms with E-state index in [0.29, 0.717) is 5.56 Å². The quantitative estimate of drug-likeness (QED) is 0.443. The fourth-order valence-electron chi connectivity index (χ4n) is 3.09. The van der Waals surface area contributed by atoms with Gasteiger partial charge >= 0.3 is 0 Å². The lowest BCUT2D eigenvalue weighted by molar-refractivity contribution is -0.384. The molecule has 2 heterocycles. The number of benzene rings is 2. The number of hydrogen-bond acceptors (Lipinski definition) is 6. The number of rotatable bonds is 3. The Labute approximate surface area is 162 Å². The van der Waals surface area contributed by atoms with Gasteiger partial charge in [0.05, 0.1) is 10.6 Å². The van der Waals surface area contributed by atoms with Crippen LogP contribution in [0.25, 0.3) is 0 Å². The number of imide groups is 1. The van der Waals surface area contributed by atoms with E-state index in [-0.39, 0.29) is 27.1 Å². The van der Waals surface area contributed by atoms with Gasteiger partial charge in [-0.1, -0.05) is 28.4 Å². The molecule has 0 aromatic heterocycles. The molecule has 0 bridgehead atoms. The predicted octanol–water partition coefficient (Wildman–Crippen LogP) is 3.19. The van der Waals surface area contributed by atoms with Crippen molar-refractivity contribution in [3.8, 4) is 0 Å². The van der Waals surface area contributed by atoms with E-state index in [1.807, 2.05) is 0 Å². The van der Waals surface area contributed by atoms with E-state index in [1.54, 1.807) is 0 Å². The SMILES string of the molecule is O=C1C2ON=C(c3ccc([N+](=O)[O-])cc3)C2C(=O)N1c1cc(Cl)cc(Cl)c1. The number of carbonyl (C=O) groups is 2. The third-order valence-corrected chi connectivity index (χ3v) is 4.73. The molecule has 2 aliphatic rings. The minimum absolute atomic E-state index is 0.0983. The van der Waals surface area contributed by atoms with Gasteiger partial charge in [-0.2, -0.15) is 0 Å². The lowest BCUT2D eigenvalue weighted by atomic mass is 9.94. The third kappa shape index (κ3) is 2.83. The summed E-state index contributed by atoms with van der Waals surface area (Å²) in [6, 6.07) is 9.89. The topological polar surface area (TPSA) is 102 Å². The molecule has 1 saturated heterocycles. The molecule has 136 valence electrons. The third-order valence-electron chi connectivity index (χ3n) is 4.29. The molecule has 2 unspecified atom stereocenters. The minimum atomic E-state index is -1.10. The number of nitro benzene ring substituents is 1. The van der Waals surface area contributed by atoms with Crippen LogP contribution in [0.15, 0.2) is 47.6 Å². The van der Waals surface area contributed by atoms with Crippen LogP contribution < -0.4 is 4.90 Å². The van der Waals surface area contributed by atoms with E-state index in [2.05, 4.69) is 5.16 Å². The standard InChI is InChI=1S/C17H9Cl2N3O5/c18-9-5-10(19)7-12(6-9)21-16(23)13-14(20-27-15(13)17(21)24)8-1-3-11(4-2-8)22(25)26/h1-7,13,15H. The van der Waals surface area contributed by atoms with Crippen molar-refractivity contribution < 1.29 is 19.3 Å². The molecule has 8 nitrogen and oxygen atoms in total. The maximum absolute atomic E-state index is 12.9. The number of halogens is 2. The highest BCUT2D eigenvalue weighted by Gasteiger charge is 2.56. The maximum atomic E-state index is 12.9. The molecule has 1 fully saturated rings. The van der Waals surface area contributed by atoms with Gasteiger partial charge in [-0.3, -0.25) is 19.7 Å². The van der Waals surface area contributed by atoms with Crippen LogP contribution in [0.5, 0.6) is 0 Å². The molecule has 27 heavy (non-hydrogen) atoms. The Morgan fingerprint density at radius 3 is 2.26 bits per heavy atom. The molecule has 0 radical (unpaired) electrons. The van der Waals surface area contributed by atoms with Crippen LogP contribution in [0.4, 0.5) is 11.4 Å². The second-order valence-corrected chi connectivity index (χ2v) is 6.80. The first-order chi connectivity index (χ1) is 12.9. The van der Waals surface area contributed by atoms with Crippen LogP contribution in [0.3, 0.4) is 0 Å². The number of nitro groups is 1. The zero-order valence-electron chi connectivity index (χ0n) is 13.3.